The Balaban J connectivity index is 1.57. The molecule has 0 spiro atoms. The lowest BCUT2D eigenvalue weighted by atomic mass is 9.87. The van der Waals surface area contributed by atoms with Crippen molar-refractivity contribution in [1.29, 1.82) is 0 Å². The Morgan fingerprint density at radius 3 is 2.67 bits per heavy atom. The quantitative estimate of drug-likeness (QED) is 0.884. The number of aryl methyl sites for hydroxylation is 2. The number of benzene rings is 2. The fourth-order valence-electron chi connectivity index (χ4n) is 4.19. The van der Waals surface area contributed by atoms with Gasteiger partial charge >= 0.3 is 0 Å². The van der Waals surface area contributed by atoms with E-state index in [9.17, 15) is 13.2 Å². The van der Waals surface area contributed by atoms with Crippen molar-refractivity contribution in [2.75, 3.05) is 17.1 Å². The van der Waals surface area contributed by atoms with Gasteiger partial charge in [-0.2, -0.15) is 0 Å². The minimum absolute atomic E-state index is 0.0333. The fraction of sp³-hybridized carbons (Fsp3) is 0.381. The third-order valence-electron chi connectivity index (χ3n) is 5.49. The molecule has 5 nitrogen and oxygen atoms in total. The topological polar surface area (TPSA) is 66.5 Å². The van der Waals surface area contributed by atoms with Gasteiger partial charge in [0.15, 0.2) is 0 Å². The van der Waals surface area contributed by atoms with Crippen molar-refractivity contribution in [3.63, 3.8) is 0 Å². The predicted molar refractivity (Wildman–Crippen MR) is 107 cm³/mol. The number of fused-ring (bicyclic) bond motifs is 2. The first-order chi connectivity index (χ1) is 12.9. The highest BCUT2D eigenvalue weighted by atomic mass is 32.2. The van der Waals surface area contributed by atoms with Crippen LogP contribution in [0.2, 0.25) is 0 Å². The number of amides is 1. The molecule has 27 heavy (non-hydrogen) atoms. The summed E-state index contributed by atoms with van der Waals surface area (Å²) >= 11 is 0. The Morgan fingerprint density at radius 2 is 1.85 bits per heavy atom. The molecule has 0 aromatic heterocycles. The molecule has 142 valence electrons. The number of carbonyl (C=O) groups is 1. The van der Waals surface area contributed by atoms with E-state index in [1.165, 1.54) is 21.7 Å². The first-order valence-corrected chi connectivity index (χ1v) is 11.3. The molecular formula is C21H24N2O3S. The van der Waals surface area contributed by atoms with Gasteiger partial charge in [0, 0.05) is 12.1 Å². The minimum Gasteiger partial charge on any atom is -0.345 e. The normalized spacial score (nSPS) is 19.1. The van der Waals surface area contributed by atoms with Crippen molar-refractivity contribution in [2.45, 2.75) is 38.1 Å². The van der Waals surface area contributed by atoms with Gasteiger partial charge in [-0.05, 0) is 67.0 Å². The second kappa shape index (κ2) is 7.00. The number of anilines is 1. The molecule has 1 amide bonds. The van der Waals surface area contributed by atoms with Crippen LogP contribution in [0.3, 0.4) is 0 Å². The van der Waals surface area contributed by atoms with Gasteiger partial charge in [0.25, 0.3) is 5.91 Å². The molecule has 1 N–H and O–H groups in total. The largest absolute Gasteiger partial charge is 0.345 e. The summed E-state index contributed by atoms with van der Waals surface area (Å²) in [5.41, 5.74) is 4.72. The van der Waals surface area contributed by atoms with Gasteiger partial charge in [-0.3, -0.25) is 9.10 Å². The number of rotatable bonds is 3. The van der Waals surface area contributed by atoms with Crippen LogP contribution in [-0.4, -0.2) is 27.1 Å². The van der Waals surface area contributed by atoms with Crippen molar-refractivity contribution >= 4 is 21.6 Å². The maximum Gasteiger partial charge on any atom is 0.251 e. The van der Waals surface area contributed by atoms with Crippen LogP contribution in [0.5, 0.6) is 0 Å². The second-order valence-electron chi connectivity index (χ2n) is 7.40. The van der Waals surface area contributed by atoms with E-state index >= 15 is 0 Å². The van der Waals surface area contributed by atoms with Gasteiger partial charge in [0.1, 0.15) is 0 Å². The summed E-state index contributed by atoms with van der Waals surface area (Å²) in [4.78, 5) is 12.8. The maximum absolute atomic E-state index is 12.8. The zero-order chi connectivity index (χ0) is 19.0. The second-order valence-corrected chi connectivity index (χ2v) is 9.31. The van der Waals surface area contributed by atoms with Crippen molar-refractivity contribution in [1.82, 2.24) is 5.32 Å². The summed E-state index contributed by atoms with van der Waals surface area (Å²) in [6.45, 7) is 0.496. The van der Waals surface area contributed by atoms with Crippen molar-refractivity contribution in [3.05, 3.63) is 64.7 Å². The van der Waals surface area contributed by atoms with E-state index in [2.05, 4.69) is 17.4 Å². The highest BCUT2D eigenvalue weighted by Crippen LogP contribution is 2.32. The molecule has 4 rings (SSSR count). The molecule has 0 saturated carbocycles. The smallest absolute Gasteiger partial charge is 0.251 e. The Morgan fingerprint density at radius 1 is 1.07 bits per heavy atom. The lowest BCUT2D eigenvalue weighted by molar-refractivity contribution is 0.0932. The van der Waals surface area contributed by atoms with E-state index in [0.29, 0.717) is 17.8 Å². The lowest BCUT2D eigenvalue weighted by Crippen LogP contribution is -2.35. The van der Waals surface area contributed by atoms with E-state index in [1.807, 2.05) is 18.2 Å². The summed E-state index contributed by atoms with van der Waals surface area (Å²) < 4.78 is 25.4. The average Bonchev–Trinajstić information content (AvgIpc) is 2.66. The number of hydrogen-bond acceptors (Lipinski definition) is 3. The van der Waals surface area contributed by atoms with Crippen molar-refractivity contribution < 1.29 is 13.2 Å². The van der Waals surface area contributed by atoms with E-state index in [0.717, 1.165) is 37.7 Å². The summed E-state index contributed by atoms with van der Waals surface area (Å²) in [7, 11) is -3.30. The molecule has 6 heteroatoms. The number of nitrogens with one attached hydrogen (secondary N) is 1. The summed E-state index contributed by atoms with van der Waals surface area (Å²) in [5.74, 6) is -0.101. The van der Waals surface area contributed by atoms with Gasteiger partial charge in [-0.1, -0.05) is 24.3 Å². The maximum atomic E-state index is 12.8. The van der Waals surface area contributed by atoms with Gasteiger partial charge in [0.2, 0.25) is 10.0 Å². The van der Waals surface area contributed by atoms with E-state index < -0.39 is 10.0 Å². The third-order valence-corrected chi connectivity index (χ3v) is 6.67. The van der Waals surface area contributed by atoms with Gasteiger partial charge in [-0.15, -0.1) is 0 Å². The molecule has 0 fully saturated rings. The molecule has 2 aromatic rings. The summed E-state index contributed by atoms with van der Waals surface area (Å²) in [6, 6.07) is 13.7. The van der Waals surface area contributed by atoms with E-state index in [4.69, 9.17) is 0 Å². The van der Waals surface area contributed by atoms with Crippen LogP contribution in [0, 0.1) is 0 Å². The lowest BCUT2D eigenvalue weighted by Gasteiger charge is -2.30. The molecular weight excluding hydrogens is 360 g/mol. The number of hydrogen-bond donors (Lipinski definition) is 1. The van der Waals surface area contributed by atoms with E-state index in [-0.39, 0.29) is 11.9 Å². The van der Waals surface area contributed by atoms with Gasteiger partial charge in [0.05, 0.1) is 18.0 Å². The van der Waals surface area contributed by atoms with Crippen molar-refractivity contribution in [2.24, 2.45) is 0 Å². The van der Waals surface area contributed by atoms with Crippen LogP contribution in [0.15, 0.2) is 42.5 Å². The highest BCUT2D eigenvalue weighted by Gasteiger charge is 2.26. The molecule has 1 atom stereocenters. The first-order valence-electron chi connectivity index (χ1n) is 9.43. The Kier molecular flexibility index (Phi) is 4.68. The third kappa shape index (κ3) is 3.58. The first kappa shape index (κ1) is 18.0. The molecule has 0 bridgehead atoms. The molecule has 1 aliphatic heterocycles. The van der Waals surface area contributed by atoms with Crippen LogP contribution >= 0.6 is 0 Å². The van der Waals surface area contributed by atoms with Crippen LogP contribution in [0.4, 0.5) is 5.69 Å². The Labute approximate surface area is 160 Å². The molecule has 1 aliphatic carbocycles. The predicted octanol–water partition coefficient (Wildman–Crippen LogP) is 3.21. The molecule has 2 aliphatic rings. The van der Waals surface area contributed by atoms with Crippen LogP contribution in [-0.2, 0) is 22.9 Å². The molecule has 0 unspecified atom stereocenters. The standard InChI is InChI=1S/C21H24N2O3S/c1-27(25,26)23-13-5-8-16-14-17(11-12-20(16)23)21(24)22-19-10-4-7-15-6-2-3-9-18(15)19/h2-3,6,9,11-12,14,19H,4-5,7-8,10,13H2,1H3,(H,22,24)/t19-/m0/s1. The number of sulfonamides is 1. The molecule has 1 heterocycles. The summed E-state index contributed by atoms with van der Waals surface area (Å²) in [5, 5.41) is 3.17. The van der Waals surface area contributed by atoms with Gasteiger partial charge < -0.3 is 5.32 Å². The van der Waals surface area contributed by atoms with Crippen molar-refractivity contribution in [3.8, 4) is 0 Å². The monoisotopic (exact) mass is 384 g/mol. The van der Waals surface area contributed by atoms with Crippen LogP contribution in [0.1, 0.15) is 52.4 Å². The Hall–Kier alpha value is -2.34. The molecule has 2 aromatic carbocycles. The SMILES string of the molecule is CS(=O)(=O)N1CCCc2cc(C(=O)N[C@H]3CCCc4ccccc43)ccc21. The minimum atomic E-state index is -3.30. The van der Waals surface area contributed by atoms with Crippen LogP contribution in [0.25, 0.3) is 0 Å². The number of nitrogens with zero attached hydrogens (tertiary/aromatic N) is 1. The number of carbonyl (C=O) groups excluding carboxylic acids is 1. The van der Waals surface area contributed by atoms with E-state index in [1.54, 1.807) is 12.1 Å². The average molecular weight is 385 g/mol. The molecule has 0 radical (unpaired) electrons. The Bertz CT molecular complexity index is 985. The fourth-order valence-corrected chi connectivity index (χ4v) is 5.19. The summed E-state index contributed by atoms with van der Waals surface area (Å²) in [6.07, 6.45) is 5.84. The van der Waals surface area contributed by atoms with Gasteiger partial charge in [-0.25, -0.2) is 8.42 Å². The molecule has 0 saturated heterocycles. The highest BCUT2D eigenvalue weighted by molar-refractivity contribution is 7.92. The zero-order valence-electron chi connectivity index (χ0n) is 15.4. The van der Waals surface area contributed by atoms with Crippen LogP contribution < -0.4 is 9.62 Å². The zero-order valence-corrected chi connectivity index (χ0v) is 16.3.